The third-order valence-corrected chi connectivity index (χ3v) is 2.52. The number of nitrogens with zero attached hydrogens (tertiary/aromatic N) is 2. The Morgan fingerprint density at radius 3 is 2.82 bits per heavy atom. The first kappa shape index (κ1) is 11.6. The van der Waals surface area contributed by atoms with Crippen molar-refractivity contribution in [3.05, 3.63) is 34.8 Å². The molecular formula is C11H9ClN2O3. The van der Waals surface area contributed by atoms with Crippen LogP contribution in [0, 0.1) is 0 Å². The summed E-state index contributed by atoms with van der Waals surface area (Å²) >= 11 is 5.66. The SMILES string of the molecule is CCc1onc(-c2ccc(Cl)nc2)c1C(=O)O. The summed E-state index contributed by atoms with van der Waals surface area (Å²) in [5.74, 6) is -0.712. The van der Waals surface area contributed by atoms with E-state index in [1.807, 2.05) is 0 Å². The molecule has 0 aliphatic heterocycles. The molecule has 0 aliphatic carbocycles. The van der Waals surface area contributed by atoms with Gasteiger partial charge in [-0.1, -0.05) is 23.7 Å². The molecule has 0 amide bonds. The van der Waals surface area contributed by atoms with Crippen LogP contribution in [0.15, 0.2) is 22.9 Å². The Bertz CT molecular complexity index is 548. The van der Waals surface area contributed by atoms with Crippen molar-refractivity contribution >= 4 is 17.6 Å². The number of rotatable bonds is 3. The lowest BCUT2D eigenvalue weighted by Gasteiger charge is -1.98. The molecule has 6 heteroatoms. The molecule has 0 unspecified atom stereocenters. The topological polar surface area (TPSA) is 76.2 Å². The largest absolute Gasteiger partial charge is 0.477 e. The highest BCUT2D eigenvalue weighted by molar-refractivity contribution is 6.29. The van der Waals surface area contributed by atoms with Crippen molar-refractivity contribution in [2.45, 2.75) is 13.3 Å². The quantitative estimate of drug-likeness (QED) is 0.850. The molecule has 0 aromatic carbocycles. The summed E-state index contributed by atoms with van der Waals surface area (Å²) in [4.78, 5) is 15.0. The lowest BCUT2D eigenvalue weighted by atomic mass is 10.1. The molecular weight excluding hydrogens is 244 g/mol. The fourth-order valence-electron chi connectivity index (χ4n) is 1.50. The highest BCUT2D eigenvalue weighted by atomic mass is 35.5. The highest BCUT2D eigenvalue weighted by Crippen LogP contribution is 2.26. The second-order valence-electron chi connectivity index (χ2n) is 3.36. The predicted octanol–water partition coefficient (Wildman–Crippen LogP) is 2.65. The van der Waals surface area contributed by atoms with Gasteiger partial charge in [0.05, 0.1) is 0 Å². The molecule has 17 heavy (non-hydrogen) atoms. The maximum absolute atomic E-state index is 11.2. The van der Waals surface area contributed by atoms with Crippen LogP contribution in [0.3, 0.4) is 0 Å². The van der Waals surface area contributed by atoms with Gasteiger partial charge in [0.15, 0.2) is 5.76 Å². The van der Waals surface area contributed by atoms with Gasteiger partial charge in [0.25, 0.3) is 0 Å². The van der Waals surface area contributed by atoms with E-state index in [0.717, 1.165) is 0 Å². The van der Waals surface area contributed by atoms with Crippen LogP contribution >= 0.6 is 11.6 Å². The molecule has 88 valence electrons. The van der Waals surface area contributed by atoms with E-state index in [9.17, 15) is 4.79 Å². The predicted molar refractivity (Wildman–Crippen MR) is 61.1 cm³/mol. The Morgan fingerprint density at radius 2 is 2.29 bits per heavy atom. The Labute approximate surface area is 102 Å². The minimum Gasteiger partial charge on any atom is -0.477 e. The zero-order valence-corrected chi connectivity index (χ0v) is 9.73. The minimum atomic E-state index is -1.06. The molecule has 2 aromatic heterocycles. The first-order valence-electron chi connectivity index (χ1n) is 4.97. The summed E-state index contributed by atoms with van der Waals surface area (Å²) in [6.07, 6.45) is 1.93. The van der Waals surface area contributed by atoms with Gasteiger partial charge in [0.2, 0.25) is 0 Å². The molecule has 0 aliphatic rings. The molecule has 2 aromatic rings. The van der Waals surface area contributed by atoms with Gasteiger partial charge in [0.1, 0.15) is 16.4 Å². The third kappa shape index (κ3) is 2.14. The number of carboxylic acid groups (broad SMARTS) is 1. The lowest BCUT2D eigenvalue weighted by molar-refractivity contribution is 0.0695. The van der Waals surface area contributed by atoms with Gasteiger partial charge in [0, 0.05) is 18.2 Å². The van der Waals surface area contributed by atoms with Crippen LogP contribution in [0.4, 0.5) is 0 Å². The fraction of sp³-hybridized carbons (Fsp3) is 0.182. The van der Waals surface area contributed by atoms with Crippen molar-refractivity contribution < 1.29 is 14.4 Å². The summed E-state index contributed by atoms with van der Waals surface area (Å²) < 4.78 is 5.00. The number of halogens is 1. The maximum atomic E-state index is 11.2. The van der Waals surface area contributed by atoms with Crippen LogP contribution in [0.25, 0.3) is 11.3 Å². The van der Waals surface area contributed by atoms with E-state index in [4.69, 9.17) is 21.2 Å². The summed E-state index contributed by atoms with van der Waals surface area (Å²) in [5.41, 5.74) is 0.922. The first-order valence-corrected chi connectivity index (χ1v) is 5.35. The summed E-state index contributed by atoms with van der Waals surface area (Å²) in [5, 5.41) is 13.2. The minimum absolute atomic E-state index is 0.0802. The van der Waals surface area contributed by atoms with Crippen molar-refractivity contribution in [2.75, 3.05) is 0 Å². The van der Waals surface area contributed by atoms with Crippen molar-refractivity contribution in [3.8, 4) is 11.3 Å². The van der Waals surface area contributed by atoms with Gasteiger partial charge < -0.3 is 9.63 Å². The summed E-state index contributed by atoms with van der Waals surface area (Å²) in [7, 11) is 0. The smallest absolute Gasteiger partial charge is 0.341 e. The average Bonchev–Trinajstić information content (AvgIpc) is 2.73. The molecule has 0 atom stereocenters. The van der Waals surface area contributed by atoms with E-state index >= 15 is 0 Å². The van der Waals surface area contributed by atoms with Gasteiger partial charge in [-0.05, 0) is 12.1 Å². The Morgan fingerprint density at radius 1 is 1.53 bits per heavy atom. The maximum Gasteiger partial charge on any atom is 0.341 e. The normalized spacial score (nSPS) is 10.5. The first-order chi connectivity index (χ1) is 8.13. The van der Waals surface area contributed by atoms with Crippen LogP contribution in [0.5, 0.6) is 0 Å². The van der Waals surface area contributed by atoms with Crippen LogP contribution in [-0.2, 0) is 6.42 Å². The monoisotopic (exact) mass is 252 g/mol. The Balaban J connectivity index is 2.55. The zero-order chi connectivity index (χ0) is 12.4. The summed E-state index contributed by atoms with van der Waals surface area (Å²) in [6.45, 7) is 1.80. The van der Waals surface area contributed by atoms with Crippen LogP contribution < -0.4 is 0 Å². The van der Waals surface area contributed by atoms with E-state index in [-0.39, 0.29) is 11.3 Å². The van der Waals surface area contributed by atoms with Gasteiger partial charge in [-0.2, -0.15) is 0 Å². The van der Waals surface area contributed by atoms with E-state index in [0.29, 0.717) is 22.9 Å². The van der Waals surface area contributed by atoms with Crippen molar-refractivity contribution in [1.29, 1.82) is 0 Å². The fourth-order valence-corrected chi connectivity index (χ4v) is 1.61. The number of hydrogen-bond donors (Lipinski definition) is 1. The standard InChI is InChI=1S/C11H9ClN2O3/c1-2-7-9(11(15)16)10(14-17-7)6-3-4-8(12)13-5-6/h3-5H,2H2,1H3,(H,15,16). The van der Waals surface area contributed by atoms with E-state index in [1.165, 1.54) is 6.20 Å². The molecule has 2 rings (SSSR count). The van der Waals surface area contributed by atoms with Gasteiger partial charge >= 0.3 is 5.97 Å². The molecule has 0 saturated carbocycles. The molecule has 1 N–H and O–H groups in total. The number of pyridine rings is 1. The molecule has 0 fully saturated rings. The Hall–Kier alpha value is -1.88. The summed E-state index contributed by atoms with van der Waals surface area (Å²) in [6, 6.07) is 3.22. The molecule has 5 nitrogen and oxygen atoms in total. The van der Waals surface area contributed by atoms with Crippen LogP contribution in [0.1, 0.15) is 23.0 Å². The molecule has 0 radical (unpaired) electrons. The van der Waals surface area contributed by atoms with E-state index < -0.39 is 5.97 Å². The number of aromatic nitrogens is 2. The Kier molecular flexibility index (Phi) is 3.10. The zero-order valence-electron chi connectivity index (χ0n) is 8.98. The molecule has 0 saturated heterocycles. The van der Waals surface area contributed by atoms with Crippen molar-refractivity contribution in [2.24, 2.45) is 0 Å². The van der Waals surface area contributed by atoms with Gasteiger partial charge in [-0.15, -0.1) is 0 Å². The van der Waals surface area contributed by atoms with Crippen molar-refractivity contribution in [1.82, 2.24) is 10.1 Å². The second-order valence-corrected chi connectivity index (χ2v) is 3.74. The van der Waals surface area contributed by atoms with Gasteiger partial charge in [-0.25, -0.2) is 9.78 Å². The number of carbonyl (C=O) groups is 1. The third-order valence-electron chi connectivity index (χ3n) is 2.30. The van der Waals surface area contributed by atoms with Gasteiger partial charge in [-0.3, -0.25) is 0 Å². The van der Waals surface area contributed by atoms with E-state index in [1.54, 1.807) is 19.1 Å². The number of aryl methyl sites for hydroxylation is 1. The lowest BCUT2D eigenvalue weighted by Crippen LogP contribution is -2.00. The van der Waals surface area contributed by atoms with E-state index in [2.05, 4.69) is 10.1 Å². The number of carboxylic acids is 1. The molecule has 0 bridgehead atoms. The van der Waals surface area contributed by atoms with Crippen LogP contribution in [-0.4, -0.2) is 21.2 Å². The number of aromatic carboxylic acids is 1. The average molecular weight is 253 g/mol. The molecule has 2 heterocycles. The second kappa shape index (κ2) is 4.55. The number of hydrogen-bond acceptors (Lipinski definition) is 4. The van der Waals surface area contributed by atoms with Crippen molar-refractivity contribution in [3.63, 3.8) is 0 Å². The molecule has 0 spiro atoms. The highest BCUT2D eigenvalue weighted by Gasteiger charge is 2.22. The van der Waals surface area contributed by atoms with Crippen LogP contribution in [0.2, 0.25) is 5.15 Å².